The molecular weight excluding hydrogens is 292 g/mol. The van der Waals surface area contributed by atoms with E-state index in [1.54, 1.807) is 11.8 Å². The zero-order valence-corrected chi connectivity index (χ0v) is 13.3. The first kappa shape index (κ1) is 15.8. The first-order valence-corrected chi connectivity index (χ1v) is 7.77. The van der Waals surface area contributed by atoms with Gasteiger partial charge in [0.2, 0.25) is 0 Å². The molecule has 6 nitrogen and oxygen atoms in total. The summed E-state index contributed by atoms with van der Waals surface area (Å²) >= 11 is 1.40. The monoisotopic (exact) mass is 312 g/mol. The van der Waals surface area contributed by atoms with Crippen molar-refractivity contribution in [1.29, 1.82) is 0 Å². The van der Waals surface area contributed by atoms with Crippen LogP contribution in [0.4, 0.5) is 9.80 Å². The van der Waals surface area contributed by atoms with Gasteiger partial charge in [0.1, 0.15) is 5.00 Å². The molecule has 21 heavy (non-hydrogen) atoms. The zero-order valence-electron chi connectivity index (χ0n) is 12.5. The third-order valence-corrected chi connectivity index (χ3v) is 4.51. The highest BCUT2D eigenvalue weighted by Crippen LogP contribution is 2.33. The van der Waals surface area contributed by atoms with Crippen molar-refractivity contribution < 1.29 is 19.1 Å². The number of esters is 1. The topological polar surface area (TPSA) is 67.9 Å². The van der Waals surface area contributed by atoms with Gasteiger partial charge in [0.15, 0.2) is 0 Å². The van der Waals surface area contributed by atoms with Crippen LogP contribution in [0.25, 0.3) is 0 Å². The van der Waals surface area contributed by atoms with E-state index < -0.39 is 5.97 Å². The lowest BCUT2D eigenvalue weighted by Gasteiger charge is -2.26. The average Bonchev–Trinajstić information content (AvgIpc) is 2.75. The molecule has 0 unspecified atom stereocenters. The number of ether oxygens (including phenoxy) is 2. The predicted molar refractivity (Wildman–Crippen MR) is 81.2 cm³/mol. The highest BCUT2D eigenvalue weighted by atomic mass is 32.1. The third-order valence-electron chi connectivity index (χ3n) is 3.38. The number of morpholine rings is 1. The Labute approximate surface area is 128 Å². The van der Waals surface area contributed by atoms with E-state index in [9.17, 15) is 9.59 Å². The number of anilines is 1. The summed E-state index contributed by atoms with van der Waals surface area (Å²) in [5, 5.41) is 3.39. The Morgan fingerprint density at radius 2 is 2.00 bits per heavy atom. The van der Waals surface area contributed by atoms with Crippen LogP contribution in [0, 0.1) is 13.8 Å². The first-order chi connectivity index (χ1) is 10.0. The van der Waals surface area contributed by atoms with Crippen molar-refractivity contribution in [3.8, 4) is 0 Å². The van der Waals surface area contributed by atoms with E-state index >= 15 is 0 Å². The summed E-state index contributed by atoms with van der Waals surface area (Å²) in [5.41, 5.74) is 1.32. The second-order valence-electron chi connectivity index (χ2n) is 4.74. The minimum absolute atomic E-state index is 0.204. The van der Waals surface area contributed by atoms with Crippen LogP contribution in [-0.4, -0.2) is 49.8 Å². The van der Waals surface area contributed by atoms with E-state index in [1.807, 2.05) is 13.8 Å². The average molecular weight is 312 g/mol. The van der Waals surface area contributed by atoms with Gasteiger partial charge in [-0.15, -0.1) is 11.3 Å². The quantitative estimate of drug-likeness (QED) is 0.870. The Morgan fingerprint density at radius 1 is 1.33 bits per heavy atom. The standard InChI is InChI=1S/C14H20N2O4S/c1-4-20-13(17)11-9(2)10(3)21-12(11)15-14(18)16-5-7-19-8-6-16/h4-8H2,1-3H3,(H,15,18). The van der Waals surface area contributed by atoms with E-state index in [0.29, 0.717) is 43.5 Å². The largest absolute Gasteiger partial charge is 0.462 e. The second-order valence-corrected chi connectivity index (χ2v) is 5.96. The molecule has 116 valence electrons. The highest BCUT2D eigenvalue weighted by Gasteiger charge is 2.24. The molecule has 2 amide bonds. The third kappa shape index (κ3) is 3.54. The van der Waals surface area contributed by atoms with E-state index in [2.05, 4.69) is 5.32 Å². The normalized spacial score (nSPS) is 14.9. The fraction of sp³-hybridized carbons (Fsp3) is 0.571. The zero-order chi connectivity index (χ0) is 15.4. The summed E-state index contributed by atoms with van der Waals surface area (Å²) in [7, 11) is 0. The molecule has 1 aliphatic heterocycles. The van der Waals surface area contributed by atoms with Crippen LogP contribution in [0.2, 0.25) is 0 Å². The molecule has 1 fully saturated rings. The number of carbonyl (C=O) groups is 2. The van der Waals surface area contributed by atoms with Gasteiger partial charge in [0.05, 0.1) is 25.4 Å². The van der Waals surface area contributed by atoms with Crippen LogP contribution in [0.5, 0.6) is 0 Å². The van der Waals surface area contributed by atoms with Crippen LogP contribution in [-0.2, 0) is 9.47 Å². The number of hydrogen-bond acceptors (Lipinski definition) is 5. The summed E-state index contributed by atoms with van der Waals surface area (Å²) in [5.74, 6) is -0.392. The summed E-state index contributed by atoms with van der Waals surface area (Å²) in [4.78, 5) is 27.0. The lowest BCUT2D eigenvalue weighted by molar-refractivity contribution is 0.0526. The molecule has 1 aromatic heterocycles. The number of nitrogens with zero attached hydrogens (tertiary/aromatic N) is 1. The van der Waals surface area contributed by atoms with Gasteiger partial charge < -0.3 is 14.4 Å². The molecule has 0 saturated carbocycles. The molecule has 1 aromatic rings. The van der Waals surface area contributed by atoms with Gasteiger partial charge in [-0.3, -0.25) is 5.32 Å². The van der Waals surface area contributed by atoms with Crippen LogP contribution in [0.15, 0.2) is 0 Å². The van der Waals surface area contributed by atoms with Crippen LogP contribution in [0.3, 0.4) is 0 Å². The second kappa shape index (κ2) is 6.91. The fourth-order valence-corrected chi connectivity index (χ4v) is 3.14. The summed E-state index contributed by atoms with van der Waals surface area (Å²) in [6, 6.07) is -0.204. The molecule has 0 spiro atoms. The van der Waals surface area contributed by atoms with E-state index in [-0.39, 0.29) is 6.03 Å². The number of amides is 2. The number of rotatable bonds is 3. The van der Waals surface area contributed by atoms with Crippen LogP contribution in [0.1, 0.15) is 27.7 Å². The van der Waals surface area contributed by atoms with Crippen molar-refractivity contribution in [2.75, 3.05) is 38.2 Å². The van der Waals surface area contributed by atoms with Crippen LogP contribution < -0.4 is 5.32 Å². The van der Waals surface area contributed by atoms with Gasteiger partial charge in [-0.25, -0.2) is 9.59 Å². The smallest absolute Gasteiger partial charge is 0.341 e. The molecule has 2 heterocycles. The Morgan fingerprint density at radius 3 is 2.62 bits per heavy atom. The van der Waals surface area contributed by atoms with Crippen LogP contribution >= 0.6 is 11.3 Å². The van der Waals surface area contributed by atoms with Gasteiger partial charge in [-0.1, -0.05) is 0 Å². The van der Waals surface area contributed by atoms with Gasteiger partial charge >= 0.3 is 12.0 Å². The number of nitrogens with one attached hydrogen (secondary N) is 1. The van der Waals surface area contributed by atoms with Crippen molar-refractivity contribution in [3.63, 3.8) is 0 Å². The van der Waals surface area contributed by atoms with Crippen molar-refractivity contribution in [1.82, 2.24) is 4.90 Å². The maximum atomic E-state index is 12.2. The molecule has 7 heteroatoms. The maximum absolute atomic E-state index is 12.2. The Kier molecular flexibility index (Phi) is 5.19. The molecule has 2 rings (SSSR count). The lowest BCUT2D eigenvalue weighted by Crippen LogP contribution is -2.43. The van der Waals surface area contributed by atoms with E-state index in [1.165, 1.54) is 11.3 Å². The molecule has 1 N–H and O–H groups in total. The molecule has 0 aliphatic carbocycles. The molecule has 0 bridgehead atoms. The van der Waals surface area contributed by atoms with Crippen molar-refractivity contribution in [2.24, 2.45) is 0 Å². The number of carbonyl (C=O) groups excluding carboxylic acids is 2. The van der Waals surface area contributed by atoms with Crippen molar-refractivity contribution >= 4 is 28.3 Å². The van der Waals surface area contributed by atoms with Crippen molar-refractivity contribution in [3.05, 3.63) is 16.0 Å². The van der Waals surface area contributed by atoms with Gasteiger partial charge in [-0.2, -0.15) is 0 Å². The Balaban J connectivity index is 2.17. The van der Waals surface area contributed by atoms with E-state index in [4.69, 9.17) is 9.47 Å². The summed E-state index contributed by atoms with van der Waals surface area (Å²) in [6.07, 6.45) is 0. The van der Waals surface area contributed by atoms with E-state index in [0.717, 1.165) is 10.4 Å². The van der Waals surface area contributed by atoms with Gasteiger partial charge in [0.25, 0.3) is 0 Å². The SMILES string of the molecule is CCOC(=O)c1c(NC(=O)N2CCOCC2)sc(C)c1C. The fourth-order valence-electron chi connectivity index (χ4n) is 2.11. The summed E-state index contributed by atoms with van der Waals surface area (Å²) < 4.78 is 10.3. The Bertz CT molecular complexity index is 535. The predicted octanol–water partition coefficient (Wildman–Crippen LogP) is 2.41. The van der Waals surface area contributed by atoms with Gasteiger partial charge in [-0.05, 0) is 26.3 Å². The first-order valence-electron chi connectivity index (χ1n) is 6.95. The molecule has 0 atom stereocenters. The number of hydrogen-bond donors (Lipinski definition) is 1. The molecule has 0 aromatic carbocycles. The minimum Gasteiger partial charge on any atom is -0.462 e. The maximum Gasteiger partial charge on any atom is 0.341 e. The number of thiophene rings is 1. The molecular formula is C14H20N2O4S. The number of aryl methyl sites for hydroxylation is 1. The minimum atomic E-state index is -0.392. The van der Waals surface area contributed by atoms with Crippen molar-refractivity contribution in [2.45, 2.75) is 20.8 Å². The molecule has 1 aliphatic rings. The molecule has 0 radical (unpaired) electrons. The summed E-state index contributed by atoms with van der Waals surface area (Å²) in [6.45, 7) is 8.06. The highest BCUT2D eigenvalue weighted by molar-refractivity contribution is 7.16. The van der Waals surface area contributed by atoms with Gasteiger partial charge in [0, 0.05) is 18.0 Å². The molecule has 1 saturated heterocycles. The lowest BCUT2D eigenvalue weighted by atomic mass is 10.1. The Hall–Kier alpha value is -1.60. The number of urea groups is 1.